The standard InChI is InChI=1S/C15H21NO2S/c1-11(17)10-13-6-4-3-5-9-16(13)15(18)14-8-7-12(2)19-14/h7-8,13H,3-6,9-10H2,1-2H3. The van der Waals surface area contributed by atoms with Gasteiger partial charge in [0.05, 0.1) is 4.88 Å². The van der Waals surface area contributed by atoms with E-state index in [0.29, 0.717) is 6.42 Å². The Kier molecular flexibility index (Phi) is 4.75. The molecule has 0 saturated carbocycles. The molecule has 1 aromatic rings. The summed E-state index contributed by atoms with van der Waals surface area (Å²) in [5.74, 6) is 0.276. The number of ketones is 1. The average Bonchev–Trinajstić information content (AvgIpc) is 2.65. The van der Waals surface area contributed by atoms with Crippen molar-refractivity contribution in [1.82, 2.24) is 4.90 Å². The fourth-order valence-corrected chi connectivity index (χ4v) is 3.50. The third-order valence-corrected chi connectivity index (χ3v) is 4.60. The third kappa shape index (κ3) is 3.66. The van der Waals surface area contributed by atoms with E-state index in [1.165, 1.54) is 0 Å². The van der Waals surface area contributed by atoms with Gasteiger partial charge in [-0.3, -0.25) is 9.59 Å². The van der Waals surface area contributed by atoms with Crippen LogP contribution in [0.3, 0.4) is 0 Å². The molecule has 19 heavy (non-hydrogen) atoms. The molecule has 1 aliphatic rings. The number of aryl methyl sites for hydroxylation is 1. The van der Waals surface area contributed by atoms with Gasteiger partial charge in [0.2, 0.25) is 0 Å². The number of thiophene rings is 1. The van der Waals surface area contributed by atoms with Crippen molar-refractivity contribution in [3.63, 3.8) is 0 Å². The van der Waals surface area contributed by atoms with E-state index in [1.807, 2.05) is 24.0 Å². The van der Waals surface area contributed by atoms with Gasteiger partial charge in [-0.15, -0.1) is 11.3 Å². The van der Waals surface area contributed by atoms with E-state index < -0.39 is 0 Å². The van der Waals surface area contributed by atoms with Gasteiger partial charge in [0.15, 0.2) is 0 Å². The lowest BCUT2D eigenvalue weighted by atomic mass is 10.0. The van der Waals surface area contributed by atoms with Crippen molar-refractivity contribution < 1.29 is 9.59 Å². The second-order valence-corrected chi connectivity index (χ2v) is 6.61. The van der Waals surface area contributed by atoms with Crippen LogP contribution in [-0.2, 0) is 4.79 Å². The minimum atomic E-state index is 0.0925. The van der Waals surface area contributed by atoms with Crippen LogP contribution in [0.15, 0.2) is 12.1 Å². The van der Waals surface area contributed by atoms with Crippen molar-refractivity contribution in [3.8, 4) is 0 Å². The number of likely N-dealkylation sites (tertiary alicyclic amines) is 1. The summed E-state index contributed by atoms with van der Waals surface area (Å²) < 4.78 is 0. The lowest BCUT2D eigenvalue weighted by Gasteiger charge is -2.29. The Hall–Kier alpha value is -1.16. The summed E-state index contributed by atoms with van der Waals surface area (Å²) in [5, 5.41) is 0. The topological polar surface area (TPSA) is 37.4 Å². The second kappa shape index (κ2) is 6.33. The summed E-state index contributed by atoms with van der Waals surface area (Å²) in [4.78, 5) is 27.9. The Morgan fingerprint density at radius 1 is 1.32 bits per heavy atom. The Balaban J connectivity index is 2.17. The lowest BCUT2D eigenvalue weighted by Crippen LogP contribution is -2.40. The van der Waals surface area contributed by atoms with Crippen molar-refractivity contribution >= 4 is 23.0 Å². The summed E-state index contributed by atoms with van der Waals surface area (Å²) in [6.45, 7) is 4.41. The number of nitrogens with zero attached hydrogens (tertiary/aromatic N) is 1. The molecule has 2 rings (SSSR count). The van der Waals surface area contributed by atoms with Crippen LogP contribution in [0.4, 0.5) is 0 Å². The number of hydrogen-bond acceptors (Lipinski definition) is 3. The van der Waals surface area contributed by atoms with Crippen molar-refractivity contribution in [2.75, 3.05) is 6.54 Å². The summed E-state index contributed by atoms with van der Waals surface area (Å²) in [5.41, 5.74) is 0. The van der Waals surface area contributed by atoms with Gasteiger partial charge >= 0.3 is 0 Å². The summed E-state index contributed by atoms with van der Waals surface area (Å²) in [7, 11) is 0. The van der Waals surface area contributed by atoms with Crippen molar-refractivity contribution in [2.24, 2.45) is 0 Å². The van der Waals surface area contributed by atoms with E-state index in [0.717, 1.165) is 42.0 Å². The summed E-state index contributed by atoms with van der Waals surface area (Å²) >= 11 is 1.54. The maximum absolute atomic E-state index is 12.6. The van der Waals surface area contributed by atoms with E-state index in [2.05, 4.69) is 0 Å². The predicted octanol–water partition coefficient (Wildman–Crippen LogP) is 3.42. The zero-order valence-corrected chi connectivity index (χ0v) is 12.5. The molecule has 1 fully saturated rings. The molecule has 0 N–H and O–H groups in total. The minimum absolute atomic E-state index is 0.0925. The van der Waals surface area contributed by atoms with Crippen LogP contribution >= 0.6 is 11.3 Å². The van der Waals surface area contributed by atoms with E-state index in [-0.39, 0.29) is 17.7 Å². The second-order valence-electron chi connectivity index (χ2n) is 5.32. The molecular formula is C15H21NO2S. The molecule has 4 heteroatoms. The molecule has 0 bridgehead atoms. The third-order valence-electron chi connectivity index (χ3n) is 3.61. The fourth-order valence-electron chi connectivity index (χ4n) is 2.68. The van der Waals surface area contributed by atoms with Gasteiger partial charge in [0.1, 0.15) is 5.78 Å². The van der Waals surface area contributed by atoms with Gasteiger partial charge in [-0.05, 0) is 38.8 Å². The van der Waals surface area contributed by atoms with E-state index in [4.69, 9.17) is 0 Å². The first-order valence-electron chi connectivity index (χ1n) is 6.95. The number of carbonyl (C=O) groups is 2. The van der Waals surface area contributed by atoms with Crippen LogP contribution in [0.5, 0.6) is 0 Å². The molecule has 1 aliphatic heterocycles. The van der Waals surface area contributed by atoms with E-state index >= 15 is 0 Å². The molecule has 2 heterocycles. The summed E-state index contributed by atoms with van der Waals surface area (Å²) in [6, 6.07) is 3.98. The largest absolute Gasteiger partial charge is 0.335 e. The lowest BCUT2D eigenvalue weighted by molar-refractivity contribution is -0.118. The van der Waals surface area contributed by atoms with Crippen LogP contribution < -0.4 is 0 Å². The molecule has 0 aliphatic carbocycles. The van der Waals surface area contributed by atoms with Crippen LogP contribution in [-0.4, -0.2) is 29.2 Å². The zero-order chi connectivity index (χ0) is 13.8. The first kappa shape index (κ1) is 14.3. The van der Waals surface area contributed by atoms with Crippen molar-refractivity contribution in [3.05, 3.63) is 21.9 Å². The number of hydrogen-bond donors (Lipinski definition) is 0. The highest BCUT2D eigenvalue weighted by molar-refractivity contribution is 7.13. The number of carbonyl (C=O) groups excluding carboxylic acids is 2. The van der Waals surface area contributed by atoms with Crippen LogP contribution in [0.25, 0.3) is 0 Å². The van der Waals surface area contributed by atoms with Crippen molar-refractivity contribution in [2.45, 2.75) is 52.0 Å². The zero-order valence-electron chi connectivity index (χ0n) is 11.6. The average molecular weight is 279 g/mol. The Labute approximate surface area is 118 Å². The molecule has 0 radical (unpaired) electrons. The molecule has 1 unspecified atom stereocenters. The molecule has 0 aromatic carbocycles. The molecule has 1 saturated heterocycles. The molecule has 0 spiro atoms. The number of amides is 1. The van der Waals surface area contributed by atoms with Gasteiger partial charge in [0.25, 0.3) is 5.91 Å². The van der Waals surface area contributed by atoms with E-state index in [1.54, 1.807) is 18.3 Å². The SMILES string of the molecule is CC(=O)CC1CCCCCN1C(=O)c1ccc(C)s1. The number of rotatable bonds is 3. The minimum Gasteiger partial charge on any atom is -0.335 e. The van der Waals surface area contributed by atoms with Gasteiger partial charge in [-0.1, -0.05) is 12.8 Å². The maximum Gasteiger partial charge on any atom is 0.264 e. The van der Waals surface area contributed by atoms with Crippen LogP contribution in [0.2, 0.25) is 0 Å². The van der Waals surface area contributed by atoms with Gasteiger partial charge in [-0.25, -0.2) is 0 Å². The quantitative estimate of drug-likeness (QED) is 0.850. The maximum atomic E-state index is 12.6. The normalized spacial score (nSPS) is 20.1. The highest BCUT2D eigenvalue weighted by atomic mass is 32.1. The first-order chi connectivity index (χ1) is 9.08. The highest BCUT2D eigenvalue weighted by Gasteiger charge is 2.27. The smallest absolute Gasteiger partial charge is 0.264 e. The molecule has 104 valence electrons. The predicted molar refractivity (Wildman–Crippen MR) is 77.6 cm³/mol. The van der Waals surface area contributed by atoms with Gasteiger partial charge in [-0.2, -0.15) is 0 Å². The monoisotopic (exact) mass is 279 g/mol. The first-order valence-corrected chi connectivity index (χ1v) is 7.76. The molecular weight excluding hydrogens is 258 g/mol. The molecule has 1 amide bonds. The number of Topliss-reactive ketones (excluding diaryl/α,β-unsaturated/α-hetero) is 1. The van der Waals surface area contributed by atoms with Crippen LogP contribution in [0, 0.1) is 6.92 Å². The van der Waals surface area contributed by atoms with Crippen LogP contribution in [0.1, 0.15) is 53.6 Å². The fraction of sp³-hybridized carbons (Fsp3) is 0.600. The van der Waals surface area contributed by atoms with E-state index in [9.17, 15) is 9.59 Å². The Morgan fingerprint density at radius 2 is 2.11 bits per heavy atom. The van der Waals surface area contributed by atoms with Crippen molar-refractivity contribution in [1.29, 1.82) is 0 Å². The Morgan fingerprint density at radius 3 is 2.74 bits per heavy atom. The molecule has 3 nitrogen and oxygen atoms in total. The highest BCUT2D eigenvalue weighted by Crippen LogP contribution is 2.24. The van der Waals surface area contributed by atoms with Gasteiger partial charge in [0, 0.05) is 23.9 Å². The summed E-state index contributed by atoms with van der Waals surface area (Å²) in [6.07, 6.45) is 4.77. The molecule has 1 aromatic heterocycles. The Bertz CT molecular complexity index is 466. The molecule has 1 atom stereocenters. The van der Waals surface area contributed by atoms with Gasteiger partial charge < -0.3 is 4.90 Å².